The van der Waals surface area contributed by atoms with Gasteiger partial charge in [-0.3, -0.25) is 0 Å². The van der Waals surface area contributed by atoms with Crippen molar-refractivity contribution in [2.75, 3.05) is 75.0 Å². The number of hydrogen-bond donors (Lipinski definition) is 6. The fraction of sp³-hybridized carbons (Fsp3) is 0.652. The van der Waals surface area contributed by atoms with Crippen molar-refractivity contribution in [3.05, 3.63) is 49.1 Å². The average Bonchev–Trinajstić information content (AvgIpc) is 4.09. The van der Waals surface area contributed by atoms with Gasteiger partial charge in [0.25, 0.3) is 0 Å². The van der Waals surface area contributed by atoms with Crippen LogP contribution >= 0.6 is 0 Å². The minimum atomic E-state index is 0.248. The third-order valence-electron chi connectivity index (χ3n) is 13.3. The number of methoxy groups -OCH3 is 2. The van der Waals surface area contributed by atoms with Crippen LogP contribution in [0.5, 0.6) is 0 Å². The van der Waals surface area contributed by atoms with Crippen molar-refractivity contribution >= 4 is 23.5 Å². The maximum atomic E-state index is 5.53. The quantitative estimate of drug-likeness (QED) is 0.0596. The van der Waals surface area contributed by atoms with Crippen molar-refractivity contribution in [2.45, 2.75) is 114 Å². The molecule has 0 amide bonds. The van der Waals surface area contributed by atoms with E-state index in [-0.39, 0.29) is 12.1 Å². The largest absolute Gasteiger partial charge is 0.383 e. The van der Waals surface area contributed by atoms with E-state index in [1.807, 2.05) is 36.7 Å². The summed E-state index contributed by atoms with van der Waals surface area (Å²) in [5, 5.41) is 39.5. The van der Waals surface area contributed by atoms with E-state index in [1.54, 1.807) is 26.6 Å². The van der Waals surface area contributed by atoms with Gasteiger partial charge in [-0.2, -0.15) is 10.2 Å². The number of hydrogen-bond acceptors (Lipinski definition) is 17. The fourth-order valence-corrected chi connectivity index (χ4v) is 9.99. The predicted octanol–water partition coefficient (Wildman–Crippen LogP) is 5.69. The molecule has 340 valence electrons. The molecule has 3 saturated carbocycles. The van der Waals surface area contributed by atoms with Gasteiger partial charge in [0.05, 0.1) is 37.0 Å². The van der Waals surface area contributed by atoms with Crippen molar-refractivity contribution in [3.8, 4) is 22.5 Å². The van der Waals surface area contributed by atoms with Crippen molar-refractivity contribution in [2.24, 2.45) is 23.7 Å². The summed E-state index contributed by atoms with van der Waals surface area (Å²) in [6.07, 6.45) is 18.0. The number of anilines is 4. The first-order chi connectivity index (χ1) is 30.9. The van der Waals surface area contributed by atoms with E-state index >= 15 is 0 Å². The summed E-state index contributed by atoms with van der Waals surface area (Å²) in [6.45, 7) is 9.13. The summed E-state index contributed by atoms with van der Waals surface area (Å²) in [6, 6.07) is 10.1. The molecule has 0 spiro atoms. The molecule has 17 heteroatoms. The van der Waals surface area contributed by atoms with E-state index in [0.29, 0.717) is 66.3 Å². The summed E-state index contributed by atoms with van der Waals surface area (Å²) in [4.78, 5) is 19.1. The molecule has 4 aromatic heterocycles. The van der Waals surface area contributed by atoms with Crippen LogP contribution in [0.1, 0.15) is 78.1 Å². The maximum absolute atomic E-state index is 5.53. The molecule has 4 aliphatic rings. The highest BCUT2D eigenvalue weighted by molar-refractivity contribution is 5.63. The van der Waals surface area contributed by atoms with Gasteiger partial charge in [-0.25, -0.2) is 19.9 Å². The molecular formula is C46H68N14O3. The molecule has 63 heavy (non-hydrogen) atoms. The molecule has 0 aromatic carbocycles. The van der Waals surface area contributed by atoms with E-state index in [0.717, 1.165) is 131 Å². The monoisotopic (exact) mass is 865 g/mol. The van der Waals surface area contributed by atoms with Gasteiger partial charge >= 0.3 is 0 Å². The molecule has 0 radical (unpaired) electrons. The van der Waals surface area contributed by atoms with Gasteiger partial charge in [0, 0.05) is 100 Å². The van der Waals surface area contributed by atoms with Gasteiger partial charge in [-0.05, 0) is 126 Å². The van der Waals surface area contributed by atoms with Crippen molar-refractivity contribution in [3.63, 3.8) is 0 Å². The highest BCUT2D eigenvalue weighted by atomic mass is 16.5. The Hall–Kier alpha value is -4.68. The first-order valence-electron chi connectivity index (χ1n) is 23.3. The summed E-state index contributed by atoms with van der Waals surface area (Å²) in [5.74, 6) is 4.91. The van der Waals surface area contributed by atoms with Gasteiger partial charge in [-0.1, -0.05) is 0 Å². The van der Waals surface area contributed by atoms with E-state index in [2.05, 4.69) is 71.1 Å². The maximum Gasteiger partial charge on any atom is 0.223 e. The Morgan fingerprint density at radius 1 is 0.651 bits per heavy atom. The Morgan fingerprint density at radius 3 is 1.86 bits per heavy atom. The molecule has 4 aromatic rings. The molecule has 1 aliphatic heterocycles. The molecule has 8 rings (SSSR count). The summed E-state index contributed by atoms with van der Waals surface area (Å²) in [5.41, 5.74) is 3.47. The first-order valence-corrected chi connectivity index (χ1v) is 23.3. The topological polar surface area (TPSA) is 203 Å². The second kappa shape index (κ2) is 22.3. The van der Waals surface area contributed by atoms with Crippen molar-refractivity contribution < 1.29 is 14.2 Å². The van der Waals surface area contributed by atoms with Crippen molar-refractivity contribution in [1.29, 1.82) is 0 Å². The minimum absolute atomic E-state index is 0.248. The molecular weight excluding hydrogens is 797 g/mol. The highest BCUT2D eigenvalue weighted by Crippen LogP contribution is 2.50. The second-order valence-corrected chi connectivity index (χ2v) is 18.3. The Morgan fingerprint density at radius 2 is 1.22 bits per heavy atom. The minimum Gasteiger partial charge on any atom is -0.383 e. The van der Waals surface area contributed by atoms with Crippen LogP contribution in [-0.2, 0) is 14.2 Å². The molecule has 4 fully saturated rings. The summed E-state index contributed by atoms with van der Waals surface area (Å²) < 4.78 is 16.3. The lowest BCUT2D eigenvalue weighted by atomic mass is 9.78. The molecule has 17 nitrogen and oxygen atoms in total. The number of ether oxygens (including phenoxy) is 3. The van der Waals surface area contributed by atoms with Crippen LogP contribution < -0.4 is 31.9 Å². The SMILES string of the molecule is COC[C@H](C)NC1CCC(Nc2nccc(-c3cnnc(NCC4CC4C4C[C@H](N[C@@H](C)COC)CC[C@H]4Nc4nccc(-c5cnnc(NCC6CCOCC6)c5)n4)c3)n2)CC1. The van der Waals surface area contributed by atoms with Crippen LogP contribution in [0, 0.1) is 23.7 Å². The average molecular weight is 865 g/mol. The third kappa shape index (κ3) is 13.0. The number of rotatable bonds is 21. The van der Waals surface area contributed by atoms with E-state index in [9.17, 15) is 0 Å². The molecule has 1 saturated heterocycles. The zero-order valence-electron chi connectivity index (χ0n) is 37.5. The molecule has 6 N–H and O–H groups in total. The normalized spacial score (nSPS) is 26.1. The fourth-order valence-electron chi connectivity index (χ4n) is 9.99. The summed E-state index contributed by atoms with van der Waals surface area (Å²) >= 11 is 0. The Balaban J connectivity index is 0.871. The van der Waals surface area contributed by atoms with E-state index < -0.39 is 0 Å². The summed E-state index contributed by atoms with van der Waals surface area (Å²) in [7, 11) is 3.52. The Labute approximate surface area is 372 Å². The highest BCUT2D eigenvalue weighted by Gasteiger charge is 2.48. The van der Waals surface area contributed by atoms with Gasteiger partial charge < -0.3 is 46.1 Å². The smallest absolute Gasteiger partial charge is 0.223 e. The van der Waals surface area contributed by atoms with E-state index in [1.165, 1.54) is 0 Å². The Bertz CT molecular complexity index is 2020. The van der Waals surface area contributed by atoms with Gasteiger partial charge in [-0.15, -0.1) is 10.2 Å². The van der Waals surface area contributed by atoms with Crippen LogP contribution in [-0.4, -0.2) is 130 Å². The number of nitrogens with one attached hydrogen (secondary N) is 6. The number of aromatic nitrogens is 8. The van der Waals surface area contributed by atoms with Crippen LogP contribution in [0.3, 0.4) is 0 Å². The molecule has 3 aliphatic carbocycles. The third-order valence-corrected chi connectivity index (χ3v) is 13.3. The zero-order valence-corrected chi connectivity index (χ0v) is 37.5. The molecule has 5 heterocycles. The lowest BCUT2D eigenvalue weighted by Gasteiger charge is -2.38. The lowest BCUT2D eigenvalue weighted by molar-refractivity contribution is 0.0699. The van der Waals surface area contributed by atoms with Gasteiger partial charge in [0.2, 0.25) is 11.9 Å². The predicted molar refractivity (Wildman–Crippen MR) is 245 cm³/mol. The lowest BCUT2D eigenvalue weighted by Crippen LogP contribution is -2.47. The first kappa shape index (κ1) is 44.9. The van der Waals surface area contributed by atoms with Crippen LogP contribution in [0.25, 0.3) is 22.5 Å². The van der Waals surface area contributed by atoms with Crippen LogP contribution in [0.2, 0.25) is 0 Å². The Kier molecular flexibility index (Phi) is 15.9. The number of nitrogens with zero attached hydrogens (tertiary/aromatic N) is 8. The molecule has 0 bridgehead atoms. The van der Waals surface area contributed by atoms with Gasteiger partial charge in [0.1, 0.15) is 11.6 Å². The van der Waals surface area contributed by atoms with Crippen LogP contribution in [0.15, 0.2) is 49.1 Å². The molecule has 7 atom stereocenters. The zero-order chi connectivity index (χ0) is 43.4. The molecule has 3 unspecified atom stereocenters. The van der Waals surface area contributed by atoms with E-state index in [4.69, 9.17) is 29.2 Å². The van der Waals surface area contributed by atoms with Crippen LogP contribution in [0.4, 0.5) is 23.5 Å². The standard InChI is InChI=1S/C46H68N14O3/c1-29(27-61-3)53-35-5-7-36(8-6-35)55-45-47-15-11-40(56-45)34-21-44(60-52-26-34)50-24-32-19-38(32)39-22-37(54-30(2)28-62-4)9-10-42(39)58-46-48-16-12-41(57-46)33-20-43(59-51-25-33)49-23-31-13-17-63-18-14-31/h11-12,15-16,20-21,25-26,29-32,35-39,42,53-54H,5-10,13-14,17-19,22-24,27-28H2,1-4H3,(H,49,59)(H,50,60)(H,47,55,56)(H,48,57,58)/t29-,30-,32?,35?,36?,37+,38?,39?,42+/m0/s1. The van der Waals surface area contributed by atoms with Crippen molar-refractivity contribution in [1.82, 2.24) is 51.0 Å². The van der Waals surface area contributed by atoms with Gasteiger partial charge in [0.15, 0.2) is 0 Å². The second-order valence-electron chi connectivity index (χ2n) is 18.3.